The summed E-state index contributed by atoms with van der Waals surface area (Å²) in [4.78, 5) is 32.1. The number of carbonyl (C=O) groups is 1. The molecule has 1 heterocycles. The molecule has 0 bridgehead atoms. The van der Waals surface area contributed by atoms with Crippen molar-refractivity contribution in [2.45, 2.75) is 50.6 Å². The van der Waals surface area contributed by atoms with Crippen LogP contribution in [0, 0.1) is 0 Å². The van der Waals surface area contributed by atoms with Crippen molar-refractivity contribution in [1.29, 1.82) is 0 Å². The Balaban J connectivity index is 1.90. The second-order valence-electron chi connectivity index (χ2n) is 6.40. The third-order valence-corrected chi connectivity index (χ3v) is 5.82. The molecule has 26 heavy (non-hydrogen) atoms. The fourth-order valence-corrected chi connectivity index (χ4v) is 4.26. The molecule has 6 heteroatoms. The molecule has 138 valence electrons. The first-order valence-electron chi connectivity index (χ1n) is 9.21. The van der Waals surface area contributed by atoms with Gasteiger partial charge < -0.3 is 4.90 Å². The van der Waals surface area contributed by atoms with Crippen LogP contribution in [0.25, 0.3) is 0 Å². The van der Waals surface area contributed by atoms with E-state index in [2.05, 4.69) is 12.1 Å². The van der Waals surface area contributed by atoms with Crippen molar-refractivity contribution < 1.29 is 4.79 Å². The molecule has 0 atom stereocenters. The number of hydrogen-bond acceptors (Lipinski definition) is 4. The van der Waals surface area contributed by atoms with Crippen LogP contribution in [0.2, 0.25) is 0 Å². The van der Waals surface area contributed by atoms with E-state index in [0.29, 0.717) is 18.2 Å². The zero-order valence-corrected chi connectivity index (χ0v) is 16.2. The Morgan fingerprint density at radius 1 is 1.19 bits per heavy atom. The topological polar surface area (TPSA) is 55.2 Å². The first kappa shape index (κ1) is 18.7. The zero-order chi connectivity index (χ0) is 18.5. The highest BCUT2D eigenvalue weighted by atomic mass is 32.2. The maximum absolute atomic E-state index is 13.0. The Morgan fingerprint density at radius 3 is 2.62 bits per heavy atom. The van der Waals surface area contributed by atoms with Crippen molar-refractivity contribution >= 4 is 17.7 Å². The lowest BCUT2D eigenvalue weighted by atomic mass is 10.2. The summed E-state index contributed by atoms with van der Waals surface area (Å²) >= 11 is 1.53. The van der Waals surface area contributed by atoms with Crippen LogP contribution < -0.4 is 5.56 Å². The van der Waals surface area contributed by atoms with E-state index in [4.69, 9.17) is 4.98 Å². The molecule has 0 saturated heterocycles. The molecule has 2 aromatic rings. The first-order chi connectivity index (χ1) is 12.6. The highest BCUT2D eigenvalue weighted by Gasteiger charge is 2.23. The molecule has 1 aliphatic carbocycles. The van der Waals surface area contributed by atoms with E-state index >= 15 is 0 Å². The molecule has 1 aliphatic rings. The Labute approximate surface area is 158 Å². The summed E-state index contributed by atoms with van der Waals surface area (Å²) in [6.07, 6.45) is 2.59. The lowest BCUT2D eigenvalue weighted by molar-refractivity contribution is -0.131. The highest BCUT2D eigenvalue weighted by Crippen LogP contribution is 2.24. The van der Waals surface area contributed by atoms with Gasteiger partial charge in [-0.05, 0) is 38.7 Å². The third kappa shape index (κ3) is 4.01. The average Bonchev–Trinajstić information content (AvgIpc) is 3.13. The molecule has 3 rings (SSSR count). The third-order valence-electron chi connectivity index (χ3n) is 4.77. The van der Waals surface area contributed by atoms with Crippen LogP contribution in [0.5, 0.6) is 0 Å². The molecule has 0 spiro atoms. The Bertz CT molecular complexity index is 829. The summed E-state index contributed by atoms with van der Waals surface area (Å²) in [6.45, 7) is 5.27. The van der Waals surface area contributed by atoms with Gasteiger partial charge in [-0.15, -0.1) is 0 Å². The predicted octanol–water partition coefficient (Wildman–Crippen LogP) is 2.89. The van der Waals surface area contributed by atoms with Crippen molar-refractivity contribution in [2.75, 3.05) is 13.1 Å². The highest BCUT2D eigenvalue weighted by molar-refractivity contribution is 7.98. The largest absolute Gasteiger partial charge is 0.342 e. The smallest absolute Gasteiger partial charge is 0.258 e. The minimum atomic E-state index is -0.0384. The molecule has 1 aromatic heterocycles. The maximum Gasteiger partial charge on any atom is 0.258 e. The second-order valence-corrected chi connectivity index (χ2v) is 7.35. The van der Waals surface area contributed by atoms with Gasteiger partial charge in [0.2, 0.25) is 5.91 Å². The number of aryl methyl sites for hydroxylation is 1. The maximum atomic E-state index is 13.0. The average molecular weight is 372 g/mol. The van der Waals surface area contributed by atoms with Crippen LogP contribution >= 0.6 is 11.8 Å². The van der Waals surface area contributed by atoms with Crippen molar-refractivity contribution in [3.8, 4) is 0 Å². The summed E-state index contributed by atoms with van der Waals surface area (Å²) in [7, 11) is 0. The summed E-state index contributed by atoms with van der Waals surface area (Å²) in [5.74, 6) is 0.698. The van der Waals surface area contributed by atoms with Gasteiger partial charge in [-0.1, -0.05) is 42.1 Å². The summed E-state index contributed by atoms with van der Waals surface area (Å²) < 4.78 is 1.58. The van der Waals surface area contributed by atoms with Crippen LogP contribution in [-0.4, -0.2) is 33.4 Å². The Hall–Kier alpha value is -2.08. The van der Waals surface area contributed by atoms with Crippen LogP contribution in [-0.2, 0) is 29.9 Å². The standard InChI is InChI=1S/C20H25N3O2S/c1-3-22(4-2)18(24)13-23-19(25)16-11-8-12-17(16)21-20(23)26-14-15-9-6-5-7-10-15/h5-7,9-10H,3-4,8,11-14H2,1-2H3. The van der Waals surface area contributed by atoms with Gasteiger partial charge in [-0.25, -0.2) is 4.98 Å². The van der Waals surface area contributed by atoms with Crippen molar-refractivity contribution in [3.05, 3.63) is 57.5 Å². The molecule has 0 saturated carbocycles. The SMILES string of the molecule is CCN(CC)C(=O)Cn1c(SCc2ccccc2)nc2c(c1=O)CCC2. The number of rotatable bonds is 7. The number of hydrogen-bond donors (Lipinski definition) is 0. The molecular weight excluding hydrogens is 346 g/mol. The van der Waals surface area contributed by atoms with E-state index in [1.165, 1.54) is 17.3 Å². The molecule has 1 aromatic carbocycles. The van der Waals surface area contributed by atoms with Crippen LogP contribution in [0.15, 0.2) is 40.3 Å². The Morgan fingerprint density at radius 2 is 1.92 bits per heavy atom. The van der Waals surface area contributed by atoms with Gasteiger partial charge in [-0.2, -0.15) is 0 Å². The van der Waals surface area contributed by atoms with E-state index in [-0.39, 0.29) is 18.0 Å². The number of aromatic nitrogens is 2. The molecule has 1 amide bonds. The molecule has 0 aliphatic heterocycles. The summed E-state index contributed by atoms with van der Waals surface area (Å²) in [6, 6.07) is 10.1. The predicted molar refractivity (Wildman–Crippen MR) is 104 cm³/mol. The van der Waals surface area contributed by atoms with Gasteiger partial charge in [0, 0.05) is 24.4 Å². The zero-order valence-electron chi connectivity index (χ0n) is 15.4. The number of nitrogens with zero attached hydrogens (tertiary/aromatic N) is 3. The Kier molecular flexibility index (Phi) is 6.14. The molecule has 0 fully saturated rings. The summed E-state index contributed by atoms with van der Waals surface area (Å²) in [5, 5.41) is 0.653. The quantitative estimate of drug-likeness (QED) is 0.555. The number of fused-ring (bicyclic) bond motifs is 1. The van der Waals surface area contributed by atoms with E-state index in [0.717, 1.165) is 36.3 Å². The lowest BCUT2D eigenvalue weighted by Crippen LogP contribution is -2.38. The van der Waals surface area contributed by atoms with E-state index < -0.39 is 0 Å². The first-order valence-corrected chi connectivity index (χ1v) is 10.2. The van der Waals surface area contributed by atoms with E-state index in [1.807, 2.05) is 32.0 Å². The number of amides is 1. The molecular formula is C20H25N3O2S. The van der Waals surface area contributed by atoms with E-state index in [9.17, 15) is 9.59 Å². The van der Waals surface area contributed by atoms with Crippen molar-refractivity contribution in [2.24, 2.45) is 0 Å². The van der Waals surface area contributed by atoms with Crippen LogP contribution in [0.3, 0.4) is 0 Å². The number of benzene rings is 1. The normalized spacial score (nSPS) is 12.8. The monoisotopic (exact) mass is 371 g/mol. The van der Waals surface area contributed by atoms with Crippen molar-refractivity contribution in [3.63, 3.8) is 0 Å². The van der Waals surface area contributed by atoms with E-state index in [1.54, 1.807) is 9.47 Å². The molecule has 0 N–H and O–H groups in total. The van der Waals surface area contributed by atoms with Gasteiger partial charge in [-0.3, -0.25) is 14.2 Å². The van der Waals surface area contributed by atoms with Gasteiger partial charge in [0.25, 0.3) is 5.56 Å². The van der Waals surface area contributed by atoms with Crippen LogP contribution in [0.1, 0.15) is 37.1 Å². The second kappa shape index (κ2) is 8.54. The van der Waals surface area contributed by atoms with Gasteiger partial charge in [0.15, 0.2) is 5.16 Å². The van der Waals surface area contributed by atoms with Crippen molar-refractivity contribution in [1.82, 2.24) is 14.5 Å². The fraction of sp³-hybridized carbons (Fsp3) is 0.450. The fourth-order valence-electron chi connectivity index (χ4n) is 3.29. The summed E-state index contributed by atoms with van der Waals surface area (Å²) in [5.41, 5.74) is 2.84. The molecule has 5 nitrogen and oxygen atoms in total. The molecule has 0 radical (unpaired) electrons. The number of thioether (sulfide) groups is 1. The molecule has 0 unspecified atom stereocenters. The number of likely N-dealkylation sites (N-methyl/N-ethyl adjacent to an activating group) is 1. The van der Waals surface area contributed by atoms with Gasteiger partial charge in [0.05, 0.1) is 5.69 Å². The lowest BCUT2D eigenvalue weighted by Gasteiger charge is -2.20. The van der Waals surface area contributed by atoms with Crippen LogP contribution in [0.4, 0.5) is 0 Å². The number of carbonyl (C=O) groups excluding carboxylic acids is 1. The van der Waals surface area contributed by atoms with Gasteiger partial charge in [0.1, 0.15) is 6.54 Å². The minimum Gasteiger partial charge on any atom is -0.342 e. The minimum absolute atomic E-state index is 0.0293. The van der Waals surface area contributed by atoms with Gasteiger partial charge >= 0.3 is 0 Å².